The SMILES string of the molecule is CN(C)S(=O)(=O)c1ccc(NCCO)c(C(=O)OCCn2cnc3c2c(=O)n(C)c(=O)n3C)c1. The average Bonchev–Trinajstić information content (AvgIpc) is 3.23. The monoisotopic (exact) mass is 494 g/mol. The molecule has 0 saturated carbocycles. The topological polar surface area (TPSA) is 158 Å². The van der Waals surface area contributed by atoms with Crippen LogP contribution in [0.3, 0.4) is 0 Å². The number of anilines is 1. The van der Waals surface area contributed by atoms with Crippen LogP contribution in [0.15, 0.2) is 39.0 Å². The van der Waals surface area contributed by atoms with Crippen molar-refractivity contribution in [1.82, 2.24) is 23.0 Å². The Kier molecular flexibility index (Phi) is 7.24. The lowest BCUT2D eigenvalue weighted by Gasteiger charge is -2.15. The van der Waals surface area contributed by atoms with Crippen LogP contribution in [-0.2, 0) is 35.4 Å². The number of carbonyl (C=O) groups excluding carboxylic acids is 1. The second-order valence-corrected chi connectivity index (χ2v) is 9.75. The Labute approximate surface area is 194 Å². The summed E-state index contributed by atoms with van der Waals surface area (Å²) >= 11 is 0. The Bertz CT molecular complexity index is 1450. The number of aryl methyl sites for hydroxylation is 1. The number of aliphatic hydroxyl groups excluding tert-OH is 1. The first-order chi connectivity index (χ1) is 16.0. The smallest absolute Gasteiger partial charge is 0.340 e. The molecule has 0 radical (unpaired) electrons. The van der Waals surface area contributed by atoms with Gasteiger partial charge in [0.05, 0.1) is 29.9 Å². The first-order valence-electron chi connectivity index (χ1n) is 10.2. The summed E-state index contributed by atoms with van der Waals surface area (Å²) in [6, 6.07) is 3.98. The summed E-state index contributed by atoms with van der Waals surface area (Å²) in [5, 5.41) is 11.9. The minimum Gasteiger partial charge on any atom is -0.460 e. The van der Waals surface area contributed by atoms with Gasteiger partial charge in [0.2, 0.25) is 10.0 Å². The highest BCUT2D eigenvalue weighted by Crippen LogP contribution is 2.23. The molecule has 0 amide bonds. The molecule has 0 fully saturated rings. The summed E-state index contributed by atoms with van der Waals surface area (Å²) in [4.78, 5) is 41.4. The second kappa shape index (κ2) is 9.79. The summed E-state index contributed by atoms with van der Waals surface area (Å²) in [5.74, 6) is -0.791. The van der Waals surface area contributed by atoms with Gasteiger partial charge in [0.15, 0.2) is 11.2 Å². The van der Waals surface area contributed by atoms with Gasteiger partial charge in [0.1, 0.15) is 6.61 Å². The number of carbonyl (C=O) groups is 1. The number of nitrogens with one attached hydrogen (secondary N) is 1. The minimum atomic E-state index is -3.80. The standard InChI is InChI=1S/C20H26N6O7S/c1-23(2)34(31,32)13-5-6-15(21-7-9-27)14(11-13)19(29)33-10-8-26-12-22-17-16(26)18(28)25(4)20(30)24(17)3/h5-6,11-12,21,27H,7-10H2,1-4H3. The van der Waals surface area contributed by atoms with Crippen LogP contribution in [0.5, 0.6) is 0 Å². The lowest BCUT2D eigenvalue weighted by atomic mass is 10.2. The summed E-state index contributed by atoms with van der Waals surface area (Å²) < 4.78 is 35.0. The largest absolute Gasteiger partial charge is 0.460 e. The van der Waals surface area contributed by atoms with Gasteiger partial charge in [-0.1, -0.05) is 0 Å². The third-order valence-electron chi connectivity index (χ3n) is 5.20. The van der Waals surface area contributed by atoms with E-state index < -0.39 is 27.2 Å². The molecule has 2 aromatic heterocycles. The van der Waals surface area contributed by atoms with Crippen molar-refractivity contribution in [3.8, 4) is 0 Å². The molecule has 0 aliphatic heterocycles. The molecule has 34 heavy (non-hydrogen) atoms. The zero-order chi connectivity index (χ0) is 25.2. The first kappa shape index (κ1) is 25.1. The van der Waals surface area contributed by atoms with Gasteiger partial charge in [-0.3, -0.25) is 13.9 Å². The molecule has 0 unspecified atom stereocenters. The second-order valence-electron chi connectivity index (χ2n) is 7.60. The molecule has 14 heteroatoms. The highest BCUT2D eigenvalue weighted by molar-refractivity contribution is 7.89. The minimum absolute atomic E-state index is 0.0230. The van der Waals surface area contributed by atoms with Crippen molar-refractivity contribution in [1.29, 1.82) is 0 Å². The van der Waals surface area contributed by atoms with E-state index in [0.717, 1.165) is 8.87 Å². The fourth-order valence-electron chi connectivity index (χ4n) is 3.29. The van der Waals surface area contributed by atoms with Gasteiger partial charge in [-0.05, 0) is 18.2 Å². The summed E-state index contributed by atoms with van der Waals surface area (Å²) in [5.41, 5.74) is -0.371. The molecule has 0 atom stereocenters. The molecule has 0 spiro atoms. The molecular weight excluding hydrogens is 468 g/mol. The number of imidazole rings is 1. The number of ether oxygens (including phenoxy) is 1. The van der Waals surface area contributed by atoms with Crippen molar-refractivity contribution in [2.24, 2.45) is 14.1 Å². The Balaban J connectivity index is 1.86. The highest BCUT2D eigenvalue weighted by Gasteiger charge is 2.22. The van der Waals surface area contributed by atoms with Gasteiger partial charge in [-0.15, -0.1) is 0 Å². The maximum atomic E-state index is 12.8. The Hall–Kier alpha value is -3.49. The number of nitrogens with zero attached hydrogens (tertiary/aromatic N) is 5. The number of hydrogen-bond acceptors (Lipinski definition) is 9. The lowest BCUT2D eigenvalue weighted by molar-refractivity contribution is 0.0493. The van der Waals surface area contributed by atoms with E-state index in [0.29, 0.717) is 5.69 Å². The number of aliphatic hydroxyl groups is 1. The van der Waals surface area contributed by atoms with Crippen molar-refractivity contribution < 1.29 is 23.1 Å². The summed E-state index contributed by atoms with van der Waals surface area (Å²) in [6.07, 6.45) is 1.37. The first-order valence-corrected chi connectivity index (χ1v) is 11.6. The average molecular weight is 495 g/mol. The summed E-state index contributed by atoms with van der Waals surface area (Å²) in [6.45, 7) is -0.133. The molecule has 0 aliphatic rings. The predicted octanol–water partition coefficient (Wildman–Crippen LogP) is -1.05. The Morgan fingerprint density at radius 1 is 1.21 bits per heavy atom. The Morgan fingerprint density at radius 3 is 2.56 bits per heavy atom. The zero-order valence-electron chi connectivity index (χ0n) is 19.2. The van der Waals surface area contributed by atoms with Crippen LogP contribution in [0.25, 0.3) is 11.2 Å². The van der Waals surface area contributed by atoms with E-state index in [4.69, 9.17) is 9.84 Å². The van der Waals surface area contributed by atoms with Gasteiger partial charge >= 0.3 is 11.7 Å². The summed E-state index contributed by atoms with van der Waals surface area (Å²) in [7, 11) is 1.81. The normalized spacial score (nSPS) is 11.8. The number of rotatable bonds is 9. The van der Waals surface area contributed by atoms with Gasteiger partial charge < -0.3 is 19.7 Å². The maximum absolute atomic E-state index is 12.8. The zero-order valence-corrected chi connectivity index (χ0v) is 20.0. The van der Waals surface area contributed by atoms with Crippen LogP contribution in [0.4, 0.5) is 5.69 Å². The third-order valence-corrected chi connectivity index (χ3v) is 7.01. The van der Waals surface area contributed by atoms with E-state index in [2.05, 4.69) is 10.3 Å². The number of fused-ring (bicyclic) bond motifs is 1. The van der Waals surface area contributed by atoms with Gasteiger partial charge in [-0.25, -0.2) is 27.3 Å². The van der Waals surface area contributed by atoms with E-state index in [9.17, 15) is 22.8 Å². The van der Waals surface area contributed by atoms with Crippen molar-refractivity contribution in [2.45, 2.75) is 11.4 Å². The van der Waals surface area contributed by atoms with Gasteiger partial charge in [0.25, 0.3) is 5.56 Å². The molecule has 3 aromatic rings. The number of aromatic nitrogens is 4. The lowest BCUT2D eigenvalue weighted by Crippen LogP contribution is -2.37. The van der Waals surface area contributed by atoms with Crippen molar-refractivity contribution in [3.05, 3.63) is 50.9 Å². The van der Waals surface area contributed by atoms with Crippen molar-refractivity contribution >= 4 is 32.8 Å². The number of hydrogen-bond donors (Lipinski definition) is 2. The van der Waals surface area contributed by atoms with Crippen LogP contribution in [0.1, 0.15) is 10.4 Å². The molecule has 3 rings (SSSR count). The van der Waals surface area contributed by atoms with Gasteiger partial charge in [0, 0.05) is 40.4 Å². The van der Waals surface area contributed by atoms with E-state index in [1.165, 1.54) is 61.9 Å². The van der Waals surface area contributed by atoms with Gasteiger partial charge in [-0.2, -0.15) is 0 Å². The third kappa shape index (κ3) is 4.60. The fourth-order valence-corrected chi connectivity index (χ4v) is 4.22. The van der Waals surface area contributed by atoms with E-state index in [1.807, 2.05) is 0 Å². The molecule has 13 nitrogen and oxygen atoms in total. The molecular formula is C20H26N6O7S. The molecule has 184 valence electrons. The quantitative estimate of drug-likeness (QED) is 0.354. The molecule has 2 heterocycles. The van der Waals surface area contributed by atoms with E-state index in [1.54, 1.807) is 0 Å². The molecule has 0 bridgehead atoms. The van der Waals surface area contributed by atoms with Crippen molar-refractivity contribution in [2.75, 3.05) is 39.2 Å². The van der Waals surface area contributed by atoms with E-state index >= 15 is 0 Å². The van der Waals surface area contributed by atoms with Crippen LogP contribution < -0.4 is 16.6 Å². The van der Waals surface area contributed by atoms with Crippen LogP contribution in [0.2, 0.25) is 0 Å². The molecule has 1 aromatic carbocycles. The Morgan fingerprint density at radius 2 is 1.91 bits per heavy atom. The van der Waals surface area contributed by atoms with E-state index in [-0.39, 0.29) is 47.9 Å². The molecule has 0 aliphatic carbocycles. The maximum Gasteiger partial charge on any atom is 0.340 e. The van der Waals surface area contributed by atoms with Crippen LogP contribution in [-0.4, -0.2) is 76.3 Å². The molecule has 2 N–H and O–H groups in total. The highest BCUT2D eigenvalue weighted by atomic mass is 32.2. The number of esters is 1. The number of benzene rings is 1. The van der Waals surface area contributed by atoms with Crippen molar-refractivity contribution in [3.63, 3.8) is 0 Å². The fraction of sp³-hybridized carbons (Fsp3) is 0.400. The predicted molar refractivity (Wildman–Crippen MR) is 123 cm³/mol. The van der Waals surface area contributed by atoms with Crippen LogP contribution in [0, 0.1) is 0 Å². The molecule has 0 saturated heterocycles. The number of sulfonamides is 1. The van der Waals surface area contributed by atoms with Crippen LogP contribution >= 0.6 is 0 Å².